The van der Waals surface area contributed by atoms with Gasteiger partial charge in [0.15, 0.2) is 0 Å². The van der Waals surface area contributed by atoms with Gasteiger partial charge in [0.25, 0.3) is 0 Å². The highest BCUT2D eigenvalue weighted by molar-refractivity contribution is 5.98. The van der Waals surface area contributed by atoms with Gasteiger partial charge in [-0.25, -0.2) is 0 Å². The van der Waals surface area contributed by atoms with Crippen LogP contribution in [0.2, 0.25) is 0 Å². The zero-order valence-corrected chi connectivity index (χ0v) is 10.5. The number of hydrogen-bond donors (Lipinski definition) is 2. The van der Waals surface area contributed by atoms with Gasteiger partial charge in [0, 0.05) is 13.6 Å². The van der Waals surface area contributed by atoms with Gasteiger partial charge in [-0.1, -0.05) is 17.3 Å². The zero-order chi connectivity index (χ0) is 13.5. The minimum absolute atomic E-state index is 0.0995. The summed E-state index contributed by atoms with van der Waals surface area (Å²) in [7, 11) is 3.25. The van der Waals surface area contributed by atoms with Crippen molar-refractivity contribution in [2.24, 2.45) is 10.9 Å². The topological polar surface area (TPSA) is 88.2 Å². The number of amidine groups is 1. The summed E-state index contributed by atoms with van der Waals surface area (Å²) < 4.78 is 5.10. The van der Waals surface area contributed by atoms with Crippen LogP contribution in [-0.4, -0.2) is 36.0 Å². The maximum absolute atomic E-state index is 11.7. The Morgan fingerprint density at radius 3 is 2.89 bits per heavy atom. The SMILES string of the molecule is COc1cccc(CN(C)C(=O)CC(N)=NO)c1. The van der Waals surface area contributed by atoms with Crippen molar-refractivity contribution in [3.8, 4) is 5.75 Å². The molecule has 0 spiro atoms. The van der Waals surface area contributed by atoms with E-state index in [4.69, 9.17) is 15.7 Å². The van der Waals surface area contributed by atoms with E-state index in [1.807, 2.05) is 24.3 Å². The molecule has 1 aromatic rings. The van der Waals surface area contributed by atoms with Crippen molar-refractivity contribution in [1.29, 1.82) is 0 Å². The second kappa shape index (κ2) is 6.48. The van der Waals surface area contributed by atoms with Crippen molar-refractivity contribution in [1.82, 2.24) is 4.90 Å². The maximum Gasteiger partial charge on any atom is 0.230 e. The lowest BCUT2D eigenvalue weighted by atomic mass is 10.2. The van der Waals surface area contributed by atoms with Crippen LogP contribution >= 0.6 is 0 Å². The monoisotopic (exact) mass is 251 g/mol. The molecule has 0 saturated heterocycles. The maximum atomic E-state index is 11.7. The second-order valence-electron chi connectivity index (χ2n) is 3.87. The van der Waals surface area contributed by atoms with Crippen molar-refractivity contribution in [2.75, 3.05) is 14.2 Å². The summed E-state index contributed by atoms with van der Waals surface area (Å²) >= 11 is 0. The lowest BCUT2D eigenvalue weighted by Gasteiger charge is -2.17. The van der Waals surface area contributed by atoms with Gasteiger partial charge in [-0.15, -0.1) is 0 Å². The highest BCUT2D eigenvalue weighted by Gasteiger charge is 2.11. The van der Waals surface area contributed by atoms with Gasteiger partial charge >= 0.3 is 0 Å². The third-order valence-electron chi connectivity index (χ3n) is 2.44. The molecule has 0 atom stereocenters. The van der Waals surface area contributed by atoms with Gasteiger partial charge in [-0.05, 0) is 17.7 Å². The summed E-state index contributed by atoms with van der Waals surface area (Å²) in [6.07, 6.45) is -0.100. The van der Waals surface area contributed by atoms with E-state index in [0.717, 1.165) is 11.3 Å². The van der Waals surface area contributed by atoms with Crippen LogP contribution < -0.4 is 10.5 Å². The van der Waals surface area contributed by atoms with Gasteiger partial charge < -0.3 is 20.6 Å². The highest BCUT2D eigenvalue weighted by Crippen LogP contribution is 2.14. The van der Waals surface area contributed by atoms with Crippen molar-refractivity contribution in [3.63, 3.8) is 0 Å². The lowest BCUT2D eigenvalue weighted by molar-refractivity contribution is -0.129. The molecule has 0 aliphatic rings. The van der Waals surface area contributed by atoms with Gasteiger partial charge in [-0.3, -0.25) is 4.79 Å². The molecular formula is C12H17N3O3. The fourth-order valence-electron chi connectivity index (χ4n) is 1.46. The molecule has 0 radical (unpaired) electrons. The molecule has 1 rings (SSSR count). The molecule has 1 aromatic carbocycles. The van der Waals surface area contributed by atoms with Crippen LogP contribution in [0.15, 0.2) is 29.4 Å². The Balaban J connectivity index is 2.63. The summed E-state index contributed by atoms with van der Waals surface area (Å²) in [5, 5.41) is 11.2. The number of carbonyl (C=O) groups excluding carboxylic acids is 1. The number of carbonyl (C=O) groups is 1. The molecule has 1 amide bonds. The number of nitrogens with zero attached hydrogens (tertiary/aromatic N) is 2. The van der Waals surface area contributed by atoms with Crippen LogP contribution in [0.4, 0.5) is 0 Å². The quantitative estimate of drug-likeness (QED) is 0.350. The number of benzene rings is 1. The average molecular weight is 251 g/mol. The van der Waals surface area contributed by atoms with Crippen LogP contribution in [0.5, 0.6) is 5.75 Å². The van der Waals surface area contributed by atoms with E-state index < -0.39 is 0 Å². The summed E-state index contributed by atoms with van der Waals surface area (Å²) in [5.41, 5.74) is 6.23. The van der Waals surface area contributed by atoms with Gasteiger partial charge in [0.2, 0.25) is 5.91 Å². The number of amides is 1. The van der Waals surface area contributed by atoms with E-state index in [9.17, 15) is 4.79 Å². The second-order valence-corrected chi connectivity index (χ2v) is 3.87. The first-order valence-corrected chi connectivity index (χ1v) is 5.40. The summed E-state index contributed by atoms with van der Waals surface area (Å²) in [4.78, 5) is 13.2. The number of rotatable bonds is 5. The first-order chi connectivity index (χ1) is 8.56. The van der Waals surface area contributed by atoms with Crippen molar-refractivity contribution in [3.05, 3.63) is 29.8 Å². The van der Waals surface area contributed by atoms with Crippen LogP contribution in [-0.2, 0) is 11.3 Å². The summed E-state index contributed by atoms with van der Waals surface area (Å²) in [6, 6.07) is 7.45. The number of ether oxygens (including phenoxy) is 1. The minimum atomic E-state index is -0.215. The average Bonchev–Trinajstić information content (AvgIpc) is 2.38. The van der Waals surface area contributed by atoms with Gasteiger partial charge in [0.1, 0.15) is 11.6 Å². The van der Waals surface area contributed by atoms with Crippen molar-refractivity contribution >= 4 is 11.7 Å². The molecule has 6 heteroatoms. The molecule has 0 saturated carbocycles. The van der Waals surface area contributed by atoms with E-state index in [2.05, 4.69) is 5.16 Å². The molecule has 0 fully saturated rings. The number of nitrogens with two attached hydrogens (primary N) is 1. The standard InChI is InChI=1S/C12H17N3O3/c1-15(12(16)7-11(13)14-17)8-9-4-3-5-10(6-9)18-2/h3-6,17H,7-8H2,1-2H3,(H2,13,14). The van der Waals surface area contributed by atoms with E-state index >= 15 is 0 Å². The predicted octanol–water partition coefficient (Wildman–Crippen LogP) is 0.790. The molecule has 0 heterocycles. The Bertz CT molecular complexity index is 446. The summed E-state index contributed by atoms with van der Waals surface area (Å²) in [5.74, 6) is 0.426. The van der Waals surface area contributed by atoms with Gasteiger partial charge in [0.05, 0.1) is 13.5 Å². The molecule has 3 N–H and O–H groups in total. The Labute approximate surface area is 106 Å². The van der Waals surface area contributed by atoms with Crippen molar-refractivity contribution in [2.45, 2.75) is 13.0 Å². The molecule has 18 heavy (non-hydrogen) atoms. The van der Waals surface area contributed by atoms with E-state index in [0.29, 0.717) is 6.54 Å². The van der Waals surface area contributed by atoms with E-state index in [-0.39, 0.29) is 18.2 Å². The van der Waals surface area contributed by atoms with Gasteiger partial charge in [-0.2, -0.15) is 0 Å². The fourth-order valence-corrected chi connectivity index (χ4v) is 1.46. The third-order valence-corrected chi connectivity index (χ3v) is 2.44. The Morgan fingerprint density at radius 1 is 1.56 bits per heavy atom. The predicted molar refractivity (Wildman–Crippen MR) is 67.5 cm³/mol. The molecule has 0 unspecified atom stereocenters. The van der Waals surface area contributed by atoms with Crippen LogP contribution in [0.1, 0.15) is 12.0 Å². The summed E-state index contributed by atoms with van der Waals surface area (Å²) in [6.45, 7) is 0.439. The number of oxime groups is 1. The van der Waals surface area contributed by atoms with Crippen LogP contribution in [0, 0.1) is 0 Å². The zero-order valence-electron chi connectivity index (χ0n) is 10.5. The van der Waals surface area contributed by atoms with Crippen molar-refractivity contribution < 1.29 is 14.7 Å². The smallest absolute Gasteiger partial charge is 0.230 e. The lowest BCUT2D eigenvalue weighted by Crippen LogP contribution is -2.30. The third kappa shape index (κ3) is 3.97. The molecule has 98 valence electrons. The molecule has 0 aliphatic carbocycles. The van der Waals surface area contributed by atoms with Crippen LogP contribution in [0.25, 0.3) is 0 Å². The molecule has 0 bridgehead atoms. The highest BCUT2D eigenvalue weighted by atomic mass is 16.5. The fraction of sp³-hybridized carbons (Fsp3) is 0.333. The number of methoxy groups -OCH3 is 1. The minimum Gasteiger partial charge on any atom is -0.497 e. The molecule has 0 aliphatic heterocycles. The molecule has 0 aromatic heterocycles. The normalized spacial score (nSPS) is 11.1. The largest absolute Gasteiger partial charge is 0.497 e. The molecule has 6 nitrogen and oxygen atoms in total. The first-order valence-electron chi connectivity index (χ1n) is 5.40. The van der Waals surface area contributed by atoms with Crippen LogP contribution in [0.3, 0.4) is 0 Å². The Kier molecular flexibility index (Phi) is 4.98. The number of hydrogen-bond acceptors (Lipinski definition) is 4. The van der Waals surface area contributed by atoms with E-state index in [1.165, 1.54) is 4.90 Å². The first kappa shape index (κ1) is 13.8. The van der Waals surface area contributed by atoms with E-state index in [1.54, 1.807) is 14.2 Å². The molecular weight excluding hydrogens is 234 g/mol. The Morgan fingerprint density at radius 2 is 2.28 bits per heavy atom. The Hall–Kier alpha value is -2.24.